The molecule has 3 saturated heterocycles. The fourth-order valence-electron chi connectivity index (χ4n) is 7.60. The Kier molecular flexibility index (Phi) is 14.7. The lowest BCUT2D eigenvalue weighted by molar-refractivity contribution is -0.941. The Labute approximate surface area is 333 Å². The summed E-state index contributed by atoms with van der Waals surface area (Å²) in [5.74, 6) is 1.43. The Bertz CT molecular complexity index is 2010. The number of carbonyl (C=O) groups excluding carboxylic acids is 1. The van der Waals surface area contributed by atoms with Crippen LogP contribution in [0.1, 0.15) is 62.2 Å². The number of halogens is 3. The van der Waals surface area contributed by atoms with Crippen molar-refractivity contribution in [3.63, 3.8) is 0 Å². The third-order valence-electron chi connectivity index (χ3n) is 10.7. The van der Waals surface area contributed by atoms with Crippen LogP contribution in [0.4, 0.5) is 14.5 Å². The minimum absolute atomic E-state index is 0. The maximum Gasteiger partial charge on any atom is 0.264 e. The van der Waals surface area contributed by atoms with E-state index in [1.54, 1.807) is 48.1 Å². The minimum Gasteiger partial charge on any atom is -1.00 e. The van der Waals surface area contributed by atoms with Crippen molar-refractivity contribution in [1.82, 2.24) is 9.47 Å². The molecule has 0 spiro atoms. The number of anilines is 1. The molecule has 9 nitrogen and oxygen atoms in total. The number of unbranched alkanes of at least 4 members (excludes halogenated alkanes) is 5. The number of terminal acetylenes is 1. The first-order valence-corrected chi connectivity index (χ1v) is 19.2. The van der Waals surface area contributed by atoms with Gasteiger partial charge < -0.3 is 40.2 Å². The zero-order valence-electron chi connectivity index (χ0n) is 31.8. The number of aromatic nitrogens is 1. The summed E-state index contributed by atoms with van der Waals surface area (Å²) >= 11 is 0. The summed E-state index contributed by atoms with van der Waals surface area (Å²) in [7, 11) is 1.54. The predicted molar refractivity (Wildman–Crippen MR) is 208 cm³/mol. The molecular weight excluding hydrogens is 770 g/mol. The molecule has 1 amide bonds. The third kappa shape index (κ3) is 10.3. The number of benzene rings is 3. The Hall–Kier alpha value is -4.44. The van der Waals surface area contributed by atoms with Crippen LogP contribution in [0.3, 0.4) is 0 Å². The third-order valence-corrected chi connectivity index (χ3v) is 10.7. The van der Waals surface area contributed by atoms with Crippen molar-refractivity contribution >= 4 is 22.5 Å². The van der Waals surface area contributed by atoms with E-state index >= 15 is 0 Å². The Morgan fingerprint density at radius 2 is 1.51 bits per heavy atom. The van der Waals surface area contributed by atoms with E-state index in [4.69, 9.17) is 20.6 Å². The van der Waals surface area contributed by atoms with Gasteiger partial charge in [-0.25, -0.2) is 8.78 Å². The summed E-state index contributed by atoms with van der Waals surface area (Å²) < 4.78 is 49.2. The lowest BCUT2D eigenvalue weighted by Crippen LogP contribution is -3.00. The summed E-state index contributed by atoms with van der Waals surface area (Å²) in [4.78, 5) is 31.7. The SMILES string of the molecule is C#CCN(C(=O)c1cn(-c2cc(OC)cc(OCCC)c2)c2cc(OCCCCCCCC[N+]34CCN(CC3)CC4)ccc2c1=O)c1cc(F)cc(F)c1.[Br-]. The van der Waals surface area contributed by atoms with Crippen molar-refractivity contribution in [2.75, 3.05) is 77.6 Å². The van der Waals surface area contributed by atoms with Crippen LogP contribution in [0.15, 0.2) is 65.6 Å². The zero-order chi connectivity index (χ0) is 38.1. The lowest BCUT2D eigenvalue weighted by atomic mass is 10.1. The van der Waals surface area contributed by atoms with Crippen LogP contribution in [0.5, 0.6) is 17.2 Å². The highest BCUT2D eigenvalue weighted by atomic mass is 79.9. The molecule has 0 saturated carbocycles. The molecule has 3 aliphatic rings. The maximum atomic E-state index is 14.2. The first-order valence-electron chi connectivity index (χ1n) is 19.2. The monoisotopic (exact) mass is 820 g/mol. The van der Waals surface area contributed by atoms with Crippen LogP contribution < -0.4 is 41.5 Å². The fraction of sp³-hybridized carbons (Fsp3) is 0.442. The van der Waals surface area contributed by atoms with Crippen molar-refractivity contribution in [2.45, 2.75) is 51.9 Å². The van der Waals surface area contributed by atoms with Gasteiger partial charge in [0.25, 0.3) is 5.91 Å². The van der Waals surface area contributed by atoms with Gasteiger partial charge in [0.2, 0.25) is 5.43 Å². The smallest absolute Gasteiger partial charge is 0.264 e. The maximum absolute atomic E-state index is 14.2. The second-order valence-electron chi connectivity index (χ2n) is 14.4. The number of quaternary nitrogens is 1. The molecule has 0 N–H and O–H groups in total. The number of pyridine rings is 1. The normalized spacial score (nSPS) is 17.3. The highest BCUT2D eigenvalue weighted by molar-refractivity contribution is 6.08. The summed E-state index contributed by atoms with van der Waals surface area (Å²) in [5.41, 5.74) is 0.146. The first kappa shape index (κ1) is 41.7. The number of carbonyl (C=O) groups is 1. The highest BCUT2D eigenvalue weighted by Gasteiger charge is 2.37. The molecule has 4 heterocycles. The van der Waals surface area contributed by atoms with E-state index in [-0.39, 0.29) is 40.2 Å². The number of fused-ring (bicyclic) bond motifs is 4. The van der Waals surface area contributed by atoms with Crippen LogP contribution in [0.2, 0.25) is 0 Å². The Morgan fingerprint density at radius 3 is 2.18 bits per heavy atom. The number of amides is 1. The van der Waals surface area contributed by atoms with Crippen LogP contribution in [0, 0.1) is 24.0 Å². The van der Waals surface area contributed by atoms with Gasteiger partial charge in [-0.15, -0.1) is 6.42 Å². The average molecular weight is 822 g/mol. The molecule has 3 fully saturated rings. The summed E-state index contributed by atoms with van der Waals surface area (Å²) in [6, 6.07) is 13.2. The van der Waals surface area contributed by atoms with Crippen molar-refractivity contribution in [2.24, 2.45) is 0 Å². The number of nitrogens with zero attached hydrogens (tertiary/aromatic N) is 4. The van der Waals surface area contributed by atoms with E-state index in [0.717, 1.165) is 36.3 Å². The molecule has 0 aliphatic carbocycles. The van der Waals surface area contributed by atoms with Gasteiger partial charge in [0.05, 0.1) is 69.9 Å². The van der Waals surface area contributed by atoms with Gasteiger partial charge in [0.15, 0.2) is 0 Å². The Balaban J connectivity index is 0.00000580. The van der Waals surface area contributed by atoms with E-state index in [1.165, 1.54) is 82.2 Å². The molecule has 12 heteroatoms. The molecule has 0 atom stereocenters. The number of hydrogen-bond acceptors (Lipinski definition) is 6. The van der Waals surface area contributed by atoms with Crippen molar-refractivity contribution < 1.29 is 49.3 Å². The van der Waals surface area contributed by atoms with E-state index in [0.29, 0.717) is 47.7 Å². The van der Waals surface area contributed by atoms with Crippen LogP contribution in [0.25, 0.3) is 16.6 Å². The van der Waals surface area contributed by atoms with E-state index in [9.17, 15) is 18.4 Å². The first-order chi connectivity index (χ1) is 26.2. The molecule has 2 bridgehead atoms. The number of piperazine rings is 3. The van der Waals surface area contributed by atoms with Gasteiger partial charge in [0, 0.05) is 61.5 Å². The van der Waals surface area contributed by atoms with Crippen molar-refractivity contribution in [3.8, 4) is 35.3 Å². The van der Waals surface area contributed by atoms with Crippen LogP contribution >= 0.6 is 0 Å². The van der Waals surface area contributed by atoms with Gasteiger partial charge >= 0.3 is 0 Å². The largest absolute Gasteiger partial charge is 1.00 e. The quantitative estimate of drug-likeness (QED) is 0.0852. The molecule has 7 rings (SSSR count). The standard InChI is InChI=1S/C43H51F2N4O5.BrH/c1-4-14-47(34-25-32(44)24-33(45)26-34)43(51)40-31-48(35-27-37(52-3)29-38(28-35)53-22-5-2)41-30-36(12-13-39(41)42(40)50)54-23-11-9-7-6-8-10-18-49-19-15-46(16-20-49)17-21-49;/h1,12-13,24-31H,5-11,14-23H2,2-3H3;1H/q+1;/p-1. The fourth-order valence-corrected chi connectivity index (χ4v) is 7.60. The Morgan fingerprint density at radius 1 is 0.855 bits per heavy atom. The summed E-state index contributed by atoms with van der Waals surface area (Å²) in [6.07, 6.45) is 14.7. The van der Waals surface area contributed by atoms with Gasteiger partial charge in [-0.3, -0.25) is 19.4 Å². The zero-order valence-corrected chi connectivity index (χ0v) is 33.4. The van der Waals surface area contributed by atoms with Gasteiger partial charge in [0.1, 0.15) is 34.4 Å². The van der Waals surface area contributed by atoms with Crippen molar-refractivity contribution in [1.29, 1.82) is 0 Å². The van der Waals surface area contributed by atoms with Crippen LogP contribution in [-0.4, -0.2) is 92.5 Å². The average Bonchev–Trinajstić information content (AvgIpc) is 3.18. The topological polar surface area (TPSA) is 73.2 Å². The van der Waals surface area contributed by atoms with Gasteiger partial charge in [-0.05, 0) is 49.9 Å². The van der Waals surface area contributed by atoms with Gasteiger partial charge in [-0.1, -0.05) is 32.1 Å². The molecule has 0 unspecified atom stereocenters. The second-order valence-corrected chi connectivity index (χ2v) is 14.4. The molecular formula is C43H51BrF2N4O5. The second kappa shape index (κ2) is 19.4. The summed E-state index contributed by atoms with van der Waals surface area (Å²) in [6.45, 7) is 11.8. The molecule has 55 heavy (non-hydrogen) atoms. The number of ether oxygens (including phenoxy) is 3. The highest BCUT2D eigenvalue weighted by Crippen LogP contribution is 2.30. The number of rotatable bonds is 18. The van der Waals surface area contributed by atoms with Crippen molar-refractivity contribution in [3.05, 3.63) is 88.2 Å². The molecule has 0 radical (unpaired) electrons. The molecule has 294 valence electrons. The van der Waals surface area contributed by atoms with Gasteiger partial charge in [-0.2, -0.15) is 0 Å². The lowest BCUT2D eigenvalue weighted by Gasteiger charge is -2.50. The van der Waals surface area contributed by atoms with E-state index in [1.807, 2.05) is 6.92 Å². The van der Waals surface area contributed by atoms with E-state index < -0.39 is 23.0 Å². The van der Waals surface area contributed by atoms with E-state index in [2.05, 4.69) is 10.8 Å². The number of methoxy groups -OCH3 is 1. The number of hydrogen-bond donors (Lipinski definition) is 0. The van der Waals surface area contributed by atoms with Crippen LogP contribution in [-0.2, 0) is 0 Å². The molecule has 4 aromatic rings. The molecule has 3 aliphatic heterocycles. The molecule has 3 aromatic carbocycles. The predicted octanol–water partition coefficient (Wildman–Crippen LogP) is 4.22. The molecule has 1 aromatic heterocycles. The summed E-state index contributed by atoms with van der Waals surface area (Å²) in [5, 5.41) is 0.245. The minimum atomic E-state index is -0.881.